The number of hydrogen-bond acceptors (Lipinski definition) is 1. The minimum atomic E-state index is -1.59. The molecule has 1 aliphatic rings. The summed E-state index contributed by atoms with van der Waals surface area (Å²) in [6.45, 7) is 0.511. The number of halogens is 3. The van der Waals surface area contributed by atoms with Crippen molar-refractivity contribution in [2.45, 2.75) is 32.1 Å². The van der Waals surface area contributed by atoms with Crippen molar-refractivity contribution in [2.24, 2.45) is 5.92 Å². The summed E-state index contributed by atoms with van der Waals surface area (Å²) in [5.74, 6) is -3.83. The Balaban J connectivity index is 1.86. The molecule has 0 saturated heterocycles. The summed E-state index contributed by atoms with van der Waals surface area (Å²) in [4.78, 5) is 11.6. The highest BCUT2D eigenvalue weighted by molar-refractivity contribution is 5.89. The first-order chi connectivity index (χ1) is 9.58. The Morgan fingerprint density at radius 1 is 1.10 bits per heavy atom. The molecule has 0 radical (unpaired) electrons. The molecule has 0 atom stereocenters. The zero-order valence-electron chi connectivity index (χ0n) is 11.0. The minimum Gasteiger partial charge on any atom is -0.338 e. The molecule has 6 heteroatoms. The van der Waals surface area contributed by atoms with Crippen LogP contribution in [0.25, 0.3) is 0 Å². The van der Waals surface area contributed by atoms with Gasteiger partial charge in [-0.15, -0.1) is 0 Å². The molecule has 1 aliphatic carbocycles. The van der Waals surface area contributed by atoms with Crippen LogP contribution in [0.2, 0.25) is 0 Å². The highest BCUT2D eigenvalue weighted by Gasteiger charge is 2.17. The predicted octanol–water partition coefficient (Wildman–Crippen LogP) is 3.81. The number of amides is 2. The molecule has 0 bridgehead atoms. The van der Waals surface area contributed by atoms with E-state index in [1.54, 1.807) is 0 Å². The number of benzene rings is 1. The van der Waals surface area contributed by atoms with E-state index in [-0.39, 0.29) is 5.69 Å². The Morgan fingerprint density at radius 3 is 2.50 bits per heavy atom. The molecule has 3 nitrogen and oxygen atoms in total. The van der Waals surface area contributed by atoms with Gasteiger partial charge in [-0.05, 0) is 30.9 Å². The maximum Gasteiger partial charge on any atom is 0.319 e. The first-order valence-electron chi connectivity index (χ1n) is 6.76. The summed E-state index contributed by atoms with van der Waals surface area (Å²) in [7, 11) is 0. The van der Waals surface area contributed by atoms with Crippen LogP contribution in [0.4, 0.5) is 23.7 Å². The van der Waals surface area contributed by atoms with Gasteiger partial charge in [-0.25, -0.2) is 18.0 Å². The average molecular weight is 286 g/mol. The molecule has 110 valence electrons. The summed E-state index contributed by atoms with van der Waals surface area (Å²) < 4.78 is 39.1. The lowest BCUT2D eigenvalue weighted by Crippen LogP contribution is -2.34. The molecule has 1 saturated carbocycles. The van der Waals surface area contributed by atoms with Crippen LogP contribution >= 0.6 is 0 Å². The van der Waals surface area contributed by atoms with Crippen molar-refractivity contribution in [1.82, 2.24) is 5.32 Å². The van der Waals surface area contributed by atoms with Crippen molar-refractivity contribution in [3.05, 3.63) is 29.6 Å². The molecule has 0 aliphatic heterocycles. The van der Waals surface area contributed by atoms with Gasteiger partial charge in [0.1, 0.15) is 0 Å². The predicted molar refractivity (Wildman–Crippen MR) is 69.9 cm³/mol. The molecule has 2 N–H and O–H groups in total. The SMILES string of the molecule is O=C(NCC1CCCCC1)Nc1ccc(F)c(F)c1F. The molecule has 0 spiro atoms. The topological polar surface area (TPSA) is 41.1 Å². The van der Waals surface area contributed by atoms with Crippen LogP contribution in [0.5, 0.6) is 0 Å². The summed E-state index contributed by atoms with van der Waals surface area (Å²) in [6, 6.07) is 1.16. The van der Waals surface area contributed by atoms with E-state index < -0.39 is 23.5 Å². The van der Waals surface area contributed by atoms with Crippen LogP contribution in [0.3, 0.4) is 0 Å². The van der Waals surface area contributed by atoms with Crippen molar-refractivity contribution in [1.29, 1.82) is 0 Å². The molecular weight excluding hydrogens is 269 g/mol. The number of hydrogen-bond donors (Lipinski definition) is 2. The van der Waals surface area contributed by atoms with Crippen LogP contribution in [0, 0.1) is 23.4 Å². The fraction of sp³-hybridized carbons (Fsp3) is 0.500. The Labute approximate surface area is 115 Å². The monoisotopic (exact) mass is 286 g/mol. The standard InChI is InChI=1S/C14H17F3N2O/c15-10-6-7-11(13(17)12(10)16)19-14(20)18-8-9-4-2-1-3-5-9/h6-7,9H,1-5,8H2,(H2,18,19,20). The fourth-order valence-electron chi connectivity index (χ4n) is 2.42. The van der Waals surface area contributed by atoms with Gasteiger partial charge in [0.25, 0.3) is 0 Å². The third-order valence-electron chi connectivity index (χ3n) is 3.56. The van der Waals surface area contributed by atoms with Crippen molar-refractivity contribution >= 4 is 11.7 Å². The summed E-state index contributed by atoms with van der Waals surface area (Å²) in [5.41, 5.74) is -0.370. The number of anilines is 1. The zero-order chi connectivity index (χ0) is 14.5. The highest BCUT2D eigenvalue weighted by atomic mass is 19.2. The fourth-order valence-corrected chi connectivity index (χ4v) is 2.42. The average Bonchev–Trinajstić information content (AvgIpc) is 2.47. The molecule has 2 rings (SSSR count). The molecule has 0 heterocycles. The van der Waals surface area contributed by atoms with Gasteiger partial charge in [0.05, 0.1) is 5.69 Å². The Hall–Kier alpha value is -1.72. The van der Waals surface area contributed by atoms with Gasteiger partial charge < -0.3 is 10.6 Å². The quantitative estimate of drug-likeness (QED) is 0.815. The molecular formula is C14H17F3N2O. The van der Waals surface area contributed by atoms with Crippen LogP contribution < -0.4 is 10.6 Å². The van der Waals surface area contributed by atoms with E-state index >= 15 is 0 Å². The Kier molecular flexibility index (Phi) is 4.87. The van der Waals surface area contributed by atoms with Gasteiger partial charge >= 0.3 is 6.03 Å². The number of nitrogens with one attached hydrogen (secondary N) is 2. The normalized spacial score (nSPS) is 15.9. The lowest BCUT2D eigenvalue weighted by Gasteiger charge is -2.21. The molecule has 0 unspecified atom stereocenters. The van der Waals surface area contributed by atoms with E-state index in [1.807, 2.05) is 0 Å². The molecule has 2 amide bonds. The largest absolute Gasteiger partial charge is 0.338 e. The summed E-state index contributed by atoms with van der Waals surface area (Å²) in [5, 5.41) is 4.82. The van der Waals surface area contributed by atoms with Gasteiger partial charge in [-0.3, -0.25) is 0 Å². The summed E-state index contributed by atoms with van der Waals surface area (Å²) >= 11 is 0. The van der Waals surface area contributed by atoms with Gasteiger partial charge in [-0.2, -0.15) is 0 Å². The van der Waals surface area contributed by atoms with Gasteiger partial charge in [0, 0.05) is 6.54 Å². The first kappa shape index (κ1) is 14.7. The zero-order valence-corrected chi connectivity index (χ0v) is 11.0. The second-order valence-corrected chi connectivity index (χ2v) is 5.06. The Morgan fingerprint density at radius 2 is 1.80 bits per heavy atom. The smallest absolute Gasteiger partial charge is 0.319 e. The molecule has 0 aromatic heterocycles. The van der Waals surface area contributed by atoms with E-state index in [4.69, 9.17) is 0 Å². The second-order valence-electron chi connectivity index (χ2n) is 5.06. The van der Waals surface area contributed by atoms with E-state index in [9.17, 15) is 18.0 Å². The van der Waals surface area contributed by atoms with Gasteiger partial charge in [-0.1, -0.05) is 19.3 Å². The van der Waals surface area contributed by atoms with Crippen molar-refractivity contribution < 1.29 is 18.0 Å². The van der Waals surface area contributed by atoms with E-state index in [1.165, 1.54) is 6.42 Å². The van der Waals surface area contributed by atoms with Crippen LogP contribution in [0.1, 0.15) is 32.1 Å². The van der Waals surface area contributed by atoms with Crippen molar-refractivity contribution in [3.8, 4) is 0 Å². The maximum absolute atomic E-state index is 13.4. The molecule has 1 aromatic carbocycles. The van der Waals surface area contributed by atoms with E-state index in [0.29, 0.717) is 12.5 Å². The first-order valence-corrected chi connectivity index (χ1v) is 6.76. The van der Waals surface area contributed by atoms with Crippen molar-refractivity contribution in [2.75, 3.05) is 11.9 Å². The molecule has 20 heavy (non-hydrogen) atoms. The highest BCUT2D eigenvalue weighted by Crippen LogP contribution is 2.23. The minimum absolute atomic E-state index is 0.370. The number of carbonyl (C=O) groups excluding carboxylic acids is 1. The number of urea groups is 1. The molecule has 1 aromatic rings. The van der Waals surface area contributed by atoms with Gasteiger partial charge in [0.2, 0.25) is 0 Å². The second kappa shape index (κ2) is 6.63. The third-order valence-corrected chi connectivity index (χ3v) is 3.56. The van der Waals surface area contributed by atoms with Crippen LogP contribution in [-0.2, 0) is 0 Å². The lowest BCUT2D eigenvalue weighted by atomic mass is 9.89. The molecule has 1 fully saturated rings. The van der Waals surface area contributed by atoms with Crippen molar-refractivity contribution in [3.63, 3.8) is 0 Å². The third kappa shape index (κ3) is 3.65. The number of carbonyl (C=O) groups is 1. The lowest BCUT2D eigenvalue weighted by molar-refractivity contribution is 0.247. The maximum atomic E-state index is 13.4. The van der Waals surface area contributed by atoms with E-state index in [2.05, 4.69) is 10.6 Å². The van der Waals surface area contributed by atoms with Gasteiger partial charge in [0.15, 0.2) is 17.5 Å². The summed E-state index contributed by atoms with van der Waals surface area (Å²) in [6.07, 6.45) is 5.68. The Bertz CT molecular complexity index is 488. The number of rotatable bonds is 3. The van der Waals surface area contributed by atoms with E-state index in [0.717, 1.165) is 37.8 Å². The van der Waals surface area contributed by atoms with Crippen LogP contribution in [-0.4, -0.2) is 12.6 Å². The van der Waals surface area contributed by atoms with Crippen LogP contribution in [0.15, 0.2) is 12.1 Å².